The minimum Gasteiger partial charge on any atom is -0.480 e. The molecule has 0 aromatic heterocycles. The van der Waals surface area contributed by atoms with Crippen LogP contribution in [0.25, 0.3) is 0 Å². The van der Waals surface area contributed by atoms with E-state index >= 15 is 0 Å². The molecule has 0 aliphatic rings. The van der Waals surface area contributed by atoms with E-state index in [4.69, 9.17) is 22.3 Å². The van der Waals surface area contributed by atoms with Crippen LogP contribution in [0, 0.1) is 11.8 Å². The van der Waals surface area contributed by atoms with Crippen molar-refractivity contribution < 1.29 is 48.6 Å². The fourth-order valence-corrected chi connectivity index (χ4v) is 4.50. The van der Waals surface area contributed by atoms with E-state index in [9.17, 15) is 43.5 Å². The summed E-state index contributed by atoms with van der Waals surface area (Å²) in [6, 6.07) is -8.59. The molecule has 0 bridgehead atoms. The van der Waals surface area contributed by atoms with Gasteiger partial charge in [0.25, 0.3) is 0 Å². The minimum atomic E-state index is -1.36. The summed E-state index contributed by atoms with van der Waals surface area (Å²) in [7, 11) is 0. The van der Waals surface area contributed by atoms with Crippen LogP contribution in [0.2, 0.25) is 0 Å². The summed E-state index contributed by atoms with van der Waals surface area (Å²) >= 11 is 0. The summed E-state index contributed by atoms with van der Waals surface area (Å²) in [6.45, 7) is 9.18. The zero-order chi connectivity index (χ0) is 38.7. The molecule has 0 aliphatic heterocycles. The fourth-order valence-electron chi connectivity index (χ4n) is 4.50. The Morgan fingerprint density at radius 3 is 1.58 bits per heavy atom. The standard InChI is InChI=1S/C31H57N9O10/c1-15(2)13-22(31(49)50)39-29(47)20(9-7-8-12-32)38-30(48)24(16(3)4)40-26(44)18(6)36-28(46)21(10-11-23(34)42)37-25(43)17(5)35-27(45)19(33)14-41/h15-22,24,41H,7-14,32-33H2,1-6H3,(H2,34,42)(H,35,45)(H,36,46)(H,37,43)(H,38,48)(H,39,47)(H,40,44)(H,49,50)/t17-,18-,19-,20-,21-,22-,24-/m0/s1. The van der Waals surface area contributed by atoms with Crippen molar-refractivity contribution in [1.29, 1.82) is 0 Å². The number of carboxylic acids is 1. The first-order valence-corrected chi connectivity index (χ1v) is 16.6. The lowest BCUT2D eigenvalue weighted by Gasteiger charge is -2.28. The summed E-state index contributed by atoms with van der Waals surface area (Å²) in [4.78, 5) is 101. The molecule has 0 heterocycles. The zero-order valence-electron chi connectivity index (χ0n) is 29.7. The van der Waals surface area contributed by atoms with E-state index in [1.165, 1.54) is 13.8 Å². The first-order valence-electron chi connectivity index (χ1n) is 16.6. The highest BCUT2D eigenvalue weighted by Gasteiger charge is 2.33. The topological polar surface area (TPSA) is 327 Å². The van der Waals surface area contributed by atoms with E-state index in [0.29, 0.717) is 19.4 Å². The average molecular weight is 716 g/mol. The Kier molecular flexibility index (Phi) is 21.1. The molecule has 0 saturated heterocycles. The number of carbonyl (C=O) groups excluding carboxylic acids is 7. The van der Waals surface area contributed by atoms with Crippen molar-refractivity contribution in [2.24, 2.45) is 29.0 Å². The molecule has 0 unspecified atom stereocenters. The first kappa shape index (κ1) is 45.6. The number of rotatable bonds is 24. The van der Waals surface area contributed by atoms with Gasteiger partial charge >= 0.3 is 5.97 Å². The number of aliphatic hydroxyl groups is 1. The molecule has 14 N–H and O–H groups in total. The monoisotopic (exact) mass is 715 g/mol. The zero-order valence-corrected chi connectivity index (χ0v) is 29.7. The van der Waals surface area contributed by atoms with E-state index in [2.05, 4.69) is 31.9 Å². The lowest BCUT2D eigenvalue weighted by atomic mass is 10.0. The van der Waals surface area contributed by atoms with Gasteiger partial charge in [-0.1, -0.05) is 27.7 Å². The van der Waals surface area contributed by atoms with Gasteiger partial charge in [-0.3, -0.25) is 33.6 Å². The Bertz CT molecular complexity index is 1180. The van der Waals surface area contributed by atoms with Crippen molar-refractivity contribution in [2.75, 3.05) is 13.2 Å². The normalized spacial score (nSPS) is 15.3. The van der Waals surface area contributed by atoms with E-state index < -0.39 is 102 Å². The number of nitrogens with one attached hydrogen (secondary N) is 6. The maximum Gasteiger partial charge on any atom is 0.326 e. The quantitative estimate of drug-likeness (QED) is 0.0433. The van der Waals surface area contributed by atoms with Gasteiger partial charge in [-0.25, -0.2) is 4.79 Å². The fraction of sp³-hybridized carbons (Fsp3) is 0.742. The van der Waals surface area contributed by atoms with Crippen molar-refractivity contribution in [3.8, 4) is 0 Å². The number of amides is 7. The summed E-state index contributed by atoms with van der Waals surface area (Å²) in [5, 5.41) is 33.3. The Morgan fingerprint density at radius 2 is 1.10 bits per heavy atom. The predicted octanol–water partition coefficient (Wildman–Crippen LogP) is -3.56. The van der Waals surface area contributed by atoms with Gasteiger partial charge in [0.2, 0.25) is 41.4 Å². The van der Waals surface area contributed by atoms with E-state index in [0.717, 1.165) is 0 Å². The molecule has 0 radical (unpaired) electrons. The van der Waals surface area contributed by atoms with E-state index in [-0.39, 0.29) is 31.6 Å². The van der Waals surface area contributed by atoms with Crippen molar-refractivity contribution in [3.63, 3.8) is 0 Å². The molecule has 0 aliphatic carbocycles. The Labute approximate surface area is 292 Å². The number of aliphatic carboxylic acids is 1. The molecule has 0 spiro atoms. The molecule has 19 nitrogen and oxygen atoms in total. The number of hydrogen-bond acceptors (Lipinski definition) is 11. The van der Waals surface area contributed by atoms with Gasteiger partial charge in [0.15, 0.2) is 0 Å². The molecule has 0 saturated carbocycles. The number of nitrogens with two attached hydrogens (primary N) is 3. The van der Waals surface area contributed by atoms with Crippen molar-refractivity contribution in [3.05, 3.63) is 0 Å². The molecule has 0 aromatic rings. The smallest absolute Gasteiger partial charge is 0.326 e. The molecule has 7 amide bonds. The van der Waals surface area contributed by atoms with E-state index in [1.54, 1.807) is 27.7 Å². The third kappa shape index (κ3) is 17.3. The minimum absolute atomic E-state index is 0.0347. The molecule has 50 heavy (non-hydrogen) atoms. The van der Waals surface area contributed by atoms with Crippen LogP contribution in [0.1, 0.15) is 80.1 Å². The Morgan fingerprint density at radius 1 is 0.620 bits per heavy atom. The van der Waals surface area contributed by atoms with Crippen LogP contribution in [0.15, 0.2) is 0 Å². The van der Waals surface area contributed by atoms with E-state index in [1.807, 2.05) is 0 Å². The molecule has 7 atom stereocenters. The van der Waals surface area contributed by atoms with Crippen LogP contribution in [-0.2, 0) is 38.4 Å². The van der Waals surface area contributed by atoms with Gasteiger partial charge in [0, 0.05) is 6.42 Å². The summed E-state index contributed by atoms with van der Waals surface area (Å²) in [6.07, 6.45) is 0.761. The number of carbonyl (C=O) groups is 8. The molecule has 19 heteroatoms. The van der Waals surface area contributed by atoms with Gasteiger partial charge in [0.05, 0.1) is 6.61 Å². The highest BCUT2D eigenvalue weighted by Crippen LogP contribution is 2.10. The molecule has 0 fully saturated rings. The van der Waals surface area contributed by atoms with Gasteiger partial charge in [-0.2, -0.15) is 0 Å². The van der Waals surface area contributed by atoms with Gasteiger partial charge in [0.1, 0.15) is 42.3 Å². The summed E-state index contributed by atoms with van der Waals surface area (Å²) in [5.74, 6) is -7.26. The highest BCUT2D eigenvalue weighted by molar-refractivity contribution is 5.97. The lowest BCUT2D eigenvalue weighted by molar-refractivity contribution is -0.143. The van der Waals surface area contributed by atoms with Crippen LogP contribution in [-0.4, -0.2) is 113 Å². The number of carboxylic acid groups (broad SMARTS) is 1. The van der Waals surface area contributed by atoms with Crippen LogP contribution in [0.4, 0.5) is 0 Å². The van der Waals surface area contributed by atoms with Crippen LogP contribution < -0.4 is 49.1 Å². The second-order valence-corrected chi connectivity index (χ2v) is 12.9. The van der Waals surface area contributed by atoms with Gasteiger partial charge in [-0.15, -0.1) is 0 Å². The number of aliphatic hydroxyl groups excluding tert-OH is 1. The third-order valence-electron chi connectivity index (χ3n) is 7.50. The summed E-state index contributed by atoms with van der Waals surface area (Å²) < 4.78 is 0. The largest absolute Gasteiger partial charge is 0.480 e. The average Bonchev–Trinajstić information content (AvgIpc) is 3.02. The Hall–Kier alpha value is -4.36. The molecule has 0 rings (SSSR count). The Balaban J connectivity index is 5.77. The number of unbranched alkanes of at least 4 members (excludes halogenated alkanes) is 1. The van der Waals surface area contributed by atoms with Crippen molar-refractivity contribution in [2.45, 2.75) is 122 Å². The molecular weight excluding hydrogens is 658 g/mol. The summed E-state index contributed by atoms with van der Waals surface area (Å²) in [5.41, 5.74) is 16.2. The van der Waals surface area contributed by atoms with Crippen LogP contribution >= 0.6 is 0 Å². The van der Waals surface area contributed by atoms with Gasteiger partial charge < -0.3 is 59.3 Å². The predicted molar refractivity (Wildman–Crippen MR) is 181 cm³/mol. The molecule has 0 aromatic carbocycles. The molecule has 286 valence electrons. The number of primary amides is 1. The SMILES string of the molecule is CC(C)C[C@H](NC(=O)[C@H](CCCCN)NC(=O)[C@@H](NC(=O)[C@H](C)NC(=O)[C@H](CCC(N)=O)NC(=O)[C@H](C)NC(=O)[C@@H](N)CO)C(C)C)C(=O)O. The van der Waals surface area contributed by atoms with Gasteiger partial charge in [-0.05, 0) is 64.3 Å². The number of hydrogen-bond donors (Lipinski definition) is 11. The first-order chi connectivity index (χ1) is 23.2. The maximum atomic E-state index is 13.4. The third-order valence-corrected chi connectivity index (χ3v) is 7.50. The lowest BCUT2D eigenvalue weighted by Crippen LogP contribution is -2.60. The highest BCUT2D eigenvalue weighted by atomic mass is 16.4. The molecular formula is C31H57N9O10. The van der Waals surface area contributed by atoms with Crippen LogP contribution in [0.5, 0.6) is 0 Å². The maximum absolute atomic E-state index is 13.4. The second kappa shape index (κ2) is 23.1. The van der Waals surface area contributed by atoms with Crippen molar-refractivity contribution >= 4 is 47.3 Å². The van der Waals surface area contributed by atoms with Crippen molar-refractivity contribution in [1.82, 2.24) is 31.9 Å². The van der Waals surface area contributed by atoms with Crippen LogP contribution in [0.3, 0.4) is 0 Å². The second-order valence-electron chi connectivity index (χ2n) is 12.9.